The highest BCUT2D eigenvalue weighted by molar-refractivity contribution is 5.48. The topological polar surface area (TPSA) is 60.0 Å². The first-order valence-corrected chi connectivity index (χ1v) is 7.55. The molecular formula is C16H17N5O. The Bertz CT molecular complexity index is 743. The van der Waals surface area contributed by atoms with E-state index in [-0.39, 0.29) is 0 Å². The van der Waals surface area contributed by atoms with Crippen LogP contribution in [0.3, 0.4) is 0 Å². The summed E-state index contributed by atoms with van der Waals surface area (Å²) in [5.74, 6) is 1.15. The van der Waals surface area contributed by atoms with Gasteiger partial charge in [0.15, 0.2) is 5.69 Å². The van der Waals surface area contributed by atoms with Gasteiger partial charge >= 0.3 is 0 Å². The lowest BCUT2D eigenvalue weighted by Crippen LogP contribution is -2.18. The third-order valence-electron chi connectivity index (χ3n) is 3.85. The van der Waals surface area contributed by atoms with Crippen LogP contribution >= 0.6 is 0 Å². The molecule has 112 valence electrons. The van der Waals surface area contributed by atoms with Gasteiger partial charge < -0.3 is 9.42 Å². The molecule has 0 aliphatic carbocycles. The second kappa shape index (κ2) is 5.63. The number of benzene rings is 1. The highest BCUT2D eigenvalue weighted by Gasteiger charge is 2.19. The van der Waals surface area contributed by atoms with Gasteiger partial charge in [-0.05, 0) is 29.6 Å². The van der Waals surface area contributed by atoms with Crippen molar-refractivity contribution in [2.45, 2.75) is 19.4 Å². The molecule has 6 nitrogen and oxygen atoms in total. The summed E-state index contributed by atoms with van der Waals surface area (Å²) in [4.78, 5) is 6.60. The Morgan fingerprint density at radius 2 is 1.86 bits per heavy atom. The molecule has 0 spiro atoms. The van der Waals surface area contributed by atoms with Crippen LogP contribution in [-0.4, -0.2) is 33.0 Å². The van der Waals surface area contributed by atoms with Crippen molar-refractivity contribution in [3.63, 3.8) is 0 Å². The first-order chi connectivity index (χ1) is 10.9. The number of hydrogen-bond donors (Lipinski definition) is 0. The van der Waals surface area contributed by atoms with Crippen molar-refractivity contribution in [2.24, 2.45) is 0 Å². The first-order valence-electron chi connectivity index (χ1n) is 7.55. The molecule has 0 atom stereocenters. The van der Waals surface area contributed by atoms with Crippen LogP contribution in [0.1, 0.15) is 18.4 Å². The summed E-state index contributed by atoms with van der Waals surface area (Å²) < 4.78 is 7.23. The maximum atomic E-state index is 5.35. The average Bonchev–Trinajstić information content (AvgIpc) is 3.29. The van der Waals surface area contributed by atoms with Crippen LogP contribution < -0.4 is 4.90 Å². The Kier molecular flexibility index (Phi) is 3.34. The van der Waals surface area contributed by atoms with E-state index >= 15 is 0 Å². The minimum Gasteiger partial charge on any atom is -0.338 e. The van der Waals surface area contributed by atoms with E-state index in [9.17, 15) is 0 Å². The Balaban J connectivity index is 1.51. The monoisotopic (exact) mass is 295 g/mol. The summed E-state index contributed by atoms with van der Waals surface area (Å²) in [5.41, 5.74) is 1.93. The van der Waals surface area contributed by atoms with Gasteiger partial charge in [0.1, 0.15) is 0 Å². The molecule has 0 unspecified atom stereocenters. The summed E-state index contributed by atoms with van der Waals surface area (Å²) in [5, 5.41) is 8.58. The van der Waals surface area contributed by atoms with E-state index in [1.54, 1.807) is 0 Å². The van der Waals surface area contributed by atoms with Crippen molar-refractivity contribution in [3.8, 4) is 11.6 Å². The lowest BCUT2D eigenvalue weighted by molar-refractivity contribution is 0.428. The van der Waals surface area contributed by atoms with Crippen LogP contribution in [0.2, 0.25) is 0 Å². The molecule has 6 heteroatoms. The van der Waals surface area contributed by atoms with E-state index in [4.69, 9.17) is 4.52 Å². The van der Waals surface area contributed by atoms with Crippen LogP contribution in [0.5, 0.6) is 0 Å². The fourth-order valence-electron chi connectivity index (χ4n) is 2.70. The van der Waals surface area contributed by atoms with Crippen molar-refractivity contribution in [1.82, 2.24) is 19.9 Å². The van der Waals surface area contributed by atoms with Crippen LogP contribution in [0.15, 0.2) is 47.1 Å². The van der Waals surface area contributed by atoms with E-state index < -0.39 is 0 Å². The molecule has 2 aromatic heterocycles. The second-order valence-corrected chi connectivity index (χ2v) is 5.48. The number of rotatable bonds is 4. The van der Waals surface area contributed by atoms with Crippen molar-refractivity contribution in [2.75, 3.05) is 18.0 Å². The van der Waals surface area contributed by atoms with Crippen LogP contribution in [0, 0.1) is 0 Å². The van der Waals surface area contributed by atoms with E-state index in [1.807, 2.05) is 35.1 Å². The average molecular weight is 295 g/mol. The quantitative estimate of drug-likeness (QED) is 0.740. The highest BCUT2D eigenvalue weighted by Crippen LogP contribution is 2.21. The molecule has 0 amide bonds. The lowest BCUT2D eigenvalue weighted by atomic mass is 10.2. The molecule has 1 aliphatic heterocycles. The summed E-state index contributed by atoms with van der Waals surface area (Å²) in [7, 11) is 0. The Morgan fingerprint density at radius 1 is 1.05 bits per heavy atom. The molecule has 0 saturated carbocycles. The van der Waals surface area contributed by atoms with Crippen LogP contribution in [0.25, 0.3) is 11.6 Å². The van der Waals surface area contributed by atoms with Gasteiger partial charge in [-0.15, -0.1) is 0 Å². The van der Waals surface area contributed by atoms with Gasteiger partial charge in [-0.1, -0.05) is 30.3 Å². The number of nitrogens with zero attached hydrogens (tertiary/aromatic N) is 5. The van der Waals surface area contributed by atoms with Crippen molar-refractivity contribution in [1.29, 1.82) is 0 Å². The zero-order valence-corrected chi connectivity index (χ0v) is 12.2. The van der Waals surface area contributed by atoms with Gasteiger partial charge in [0.2, 0.25) is 0 Å². The van der Waals surface area contributed by atoms with Gasteiger partial charge in [0.25, 0.3) is 11.8 Å². The standard InChI is InChI=1S/C16H17N5O/c1-2-6-13(7-3-1)12-21-11-8-14(18-21)15-17-16(19-22-15)20-9-4-5-10-20/h1-3,6-8,11H,4-5,9-10,12H2. The predicted molar refractivity (Wildman–Crippen MR) is 82.5 cm³/mol. The lowest BCUT2D eigenvalue weighted by Gasteiger charge is -2.09. The molecule has 4 rings (SSSR count). The largest absolute Gasteiger partial charge is 0.338 e. The summed E-state index contributed by atoms with van der Waals surface area (Å²) >= 11 is 0. The van der Waals surface area contributed by atoms with Gasteiger partial charge in [-0.3, -0.25) is 4.68 Å². The SMILES string of the molecule is c1ccc(Cn2ccc(-c3nc(N4CCCC4)no3)n2)cc1. The second-order valence-electron chi connectivity index (χ2n) is 5.48. The van der Waals surface area contributed by atoms with E-state index in [1.165, 1.54) is 18.4 Å². The Labute approximate surface area is 128 Å². The minimum atomic E-state index is 0.480. The normalized spacial score (nSPS) is 14.6. The maximum Gasteiger partial charge on any atom is 0.280 e. The fraction of sp³-hybridized carbons (Fsp3) is 0.312. The molecule has 0 bridgehead atoms. The van der Waals surface area contributed by atoms with E-state index in [0.29, 0.717) is 17.5 Å². The molecule has 1 aromatic carbocycles. The molecule has 1 aliphatic rings. The molecule has 0 N–H and O–H groups in total. The van der Waals surface area contributed by atoms with Crippen LogP contribution in [-0.2, 0) is 6.54 Å². The van der Waals surface area contributed by atoms with Crippen molar-refractivity contribution >= 4 is 5.95 Å². The number of aromatic nitrogens is 4. The molecule has 0 radical (unpaired) electrons. The third-order valence-corrected chi connectivity index (χ3v) is 3.85. The smallest absolute Gasteiger partial charge is 0.280 e. The summed E-state index contributed by atoms with van der Waals surface area (Å²) in [6.07, 6.45) is 4.31. The zero-order valence-electron chi connectivity index (χ0n) is 12.2. The summed E-state index contributed by atoms with van der Waals surface area (Å²) in [6, 6.07) is 12.1. The Morgan fingerprint density at radius 3 is 2.68 bits per heavy atom. The first kappa shape index (κ1) is 13.1. The molecule has 22 heavy (non-hydrogen) atoms. The summed E-state index contributed by atoms with van der Waals surface area (Å²) in [6.45, 7) is 2.73. The van der Waals surface area contributed by atoms with Crippen molar-refractivity contribution in [3.05, 3.63) is 48.2 Å². The maximum absolute atomic E-state index is 5.35. The Hall–Kier alpha value is -2.63. The number of anilines is 1. The minimum absolute atomic E-state index is 0.480. The predicted octanol–water partition coefficient (Wildman–Crippen LogP) is 2.58. The third kappa shape index (κ3) is 2.59. The van der Waals surface area contributed by atoms with Crippen LogP contribution in [0.4, 0.5) is 5.95 Å². The molecule has 3 aromatic rings. The van der Waals surface area contributed by atoms with E-state index in [2.05, 4.69) is 32.3 Å². The van der Waals surface area contributed by atoms with Gasteiger partial charge in [-0.2, -0.15) is 10.1 Å². The van der Waals surface area contributed by atoms with Gasteiger partial charge in [0.05, 0.1) is 6.54 Å². The van der Waals surface area contributed by atoms with Crippen molar-refractivity contribution < 1.29 is 4.52 Å². The fourth-order valence-corrected chi connectivity index (χ4v) is 2.70. The van der Waals surface area contributed by atoms with E-state index in [0.717, 1.165) is 19.6 Å². The molecular weight excluding hydrogens is 278 g/mol. The van der Waals surface area contributed by atoms with Gasteiger partial charge in [0, 0.05) is 19.3 Å². The number of hydrogen-bond acceptors (Lipinski definition) is 5. The van der Waals surface area contributed by atoms with Gasteiger partial charge in [-0.25, -0.2) is 0 Å². The molecule has 1 fully saturated rings. The zero-order chi connectivity index (χ0) is 14.8. The highest BCUT2D eigenvalue weighted by atomic mass is 16.5. The molecule has 1 saturated heterocycles. The molecule has 3 heterocycles.